The molecule has 0 saturated carbocycles. The van der Waals surface area contributed by atoms with E-state index in [2.05, 4.69) is 12.0 Å². The lowest BCUT2D eigenvalue weighted by Crippen LogP contribution is -2.21. The molecule has 0 aliphatic heterocycles. The molecule has 0 bridgehead atoms. The van der Waals surface area contributed by atoms with E-state index < -0.39 is 0 Å². The van der Waals surface area contributed by atoms with Gasteiger partial charge in [-0.15, -0.1) is 0 Å². The summed E-state index contributed by atoms with van der Waals surface area (Å²) >= 11 is 0. The quantitative estimate of drug-likeness (QED) is 0.881. The predicted molar refractivity (Wildman–Crippen MR) is 69.7 cm³/mol. The Morgan fingerprint density at radius 1 is 1.39 bits per heavy atom. The molecule has 0 spiro atoms. The summed E-state index contributed by atoms with van der Waals surface area (Å²) in [5, 5.41) is 4.23. The third-order valence-electron chi connectivity index (χ3n) is 3.00. The van der Waals surface area contributed by atoms with Crippen LogP contribution in [0.25, 0.3) is 0 Å². The second-order valence-corrected chi connectivity index (χ2v) is 4.51. The van der Waals surface area contributed by atoms with Gasteiger partial charge in [-0.05, 0) is 24.5 Å². The van der Waals surface area contributed by atoms with Crippen LogP contribution in [0.5, 0.6) is 0 Å². The van der Waals surface area contributed by atoms with Gasteiger partial charge in [-0.2, -0.15) is 5.10 Å². The highest BCUT2D eigenvalue weighted by atomic mass is 19.1. The van der Waals surface area contributed by atoms with Gasteiger partial charge in [0.2, 0.25) is 0 Å². The lowest BCUT2D eigenvalue weighted by molar-refractivity contribution is 0.584. The largest absolute Gasteiger partial charge is 0.327 e. The van der Waals surface area contributed by atoms with E-state index in [0.717, 1.165) is 18.4 Å². The van der Waals surface area contributed by atoms with Gasteiger partial charge in [0, 0.05) is 17.8 Å². The summed E-state index contributed by atoms with van der Waals surface area (Å²) in [6, 6.07) is 6.92. The zero-order chi connectivity index (χ0) is 13.0. The Morgan fingerprint density at radius 3 is 2.89 bits per heavy atom. The van der Waals surface area contributed by atoms with Crippen LogP contribution >= 0.6 is 0 Å². The van der Waals surface area contributed by atoms with Crippen molar-refractivity contribution in [1.82, 2.24) is 9.78 Å². The molecule has 1 unspecified atom stereocenters. The Bertz CT molecular complexity index is 507. The Morgan fingerprint density at radius 2 is 2.17 bits per heavy atom. The minimum Gasteiger partial charge on any atom is -0.327 e. The molecule has 2 N–H and O–H groups in total. The molecule has 96 valence electrons. The van der Waals surface area contributed by atoms with Crippen LogP contribution in [0.2, 0.25) is 0 Å². The van der Waals surface area contributed by atoms with Gasteiger partial charge in [-0.3, -0.25) is 4.68 Å². The smallest absolute Gasteiger partial charge is 0.128 e. The van der Waals surface area contributed by atoms with Crippen LogP contribution < -0.4 is 5.73 Å². The lowest BCUT2D eigenvalue weighted by atomic mass is 10.1. The van der Waals surface area contributed by atoms with E-state index in [1.807, 2.05) is 12.3 Å². The normalized spacial score (nSPS) is 12.6. The Hall–Kier alpha value is -1.68. The molecule has 18 heavy (non-hydrogen) atoms. The maximum atomic E-state index is 13.5. The number of hydrogen-bond donors (Lipinski definition) is 1. The van der Waals surface area contributed by atoms with Crippen molar-refractivity contribution in [2.45, 2.75) is 32.4 Å². The summed E-state index contributed by atoms with van der Waals surface area (Å²) in [5.41, 5.74) is 7.64. The number of nitrogens with two attached hydrogens (primary N) is 1. The zero-order valence-corrected chi connectivity index (χ0v) is 10.5. The van der Waals surface area contributed by atoms with Gasteiger partial charge in [0.25, 0.3) is 0 Å². The summed E-state index contributed by atoms with van der Waals surface area (Å²) in [7, 11) is 0. The second kappa shape index (κ2) is 5.78. The molecule has 1 heterocycles. The maximum absolute atomic E-state index is 13.5. The first-order valence-electron chi connectivity index (χ1n) is 6.19. The third-order valence-corrected chi connectivity index (χ3v) is 3.00. The van der Waals surface area contributed by atoms with Gasteiger partial charge in [-0.1, -0.05) is 25.1 Å². The number of halogens is 1. The highest BCUT2D eigenvalue weighted by Gasteiger charge is 2.06. The van der Waals surface area contributed by atoms with E-state index in [4.69, 9.17) is 5.73 Å². The Balaban J connectivity index is 2.05. The lowest BCUT2D eigenvalue weighted by Gasteiger charge is -2.05. The molecule has 2 aromatic rings. The first-order valence-corrected chi connectivity index (χ1v) is 6.19. The van der Waals surface area contributed by atoms with Crippen LogP contribution in [-0.4, -0.2) is 15.8 Å². The fourth-order valence-electron chi connectivity index (χ4n) is 1.85. The molecule has 0 radical (unpaired) electrons. The average molecular weight is 247 g/mol. The first kappa shape index (κ1) is 12.8. The van der Waals surface area contributed by atoms with Gasteiger partial charge in [-0.25, -0.2) is 4.39 Å². The van der Waals surface area contributed by atoms with Gasteiger partial charge >= 0.3 is 0 Å². The first-order chi connectivity index (χ1) is 8.69. The topological polar surface area (TPSA) is 43.8 Å². The molecule has 1 atom stereocenters. The molecule has 0 aliphatic carbocycles. The van der Waals surface area contributed by atoms with E-state index in [9.17, 15) is 4.39 Å². The second-order valence-electron chi connectivity index (χ2n) is 4.51. The fraction of sp³-hybridized carbons (Fsp3) is 0.357. The van der Waals surface area contributed by atoms with Gasteiger partial charge in [0.15, 0.2) is 0 Å². The van der Waals surface area contributed by atoms with Crippen molar-refractivity contribution in [2.75, 3.05) is 0 Å². The van der Waals surface area contributed by atoms with Crippen molar-refractivity contribution in [3.05, 3.63) is 53.6 Å². The van der Waals surface area contributed by atoms with Crippen molar-refractivity contribution < 1.29 is 4.39 Å². The van der Waals surface area contributed by atoms with Crippen molar-refractivity contribution >= 4 is 0 Å². The van der Waals surface area contributed by atoms with Crippen molar-refractivity contribution in [2.24, 2.45) is 5.73 Å². The van der Waals surface area contributed by atoms with Gasteiger partial charge in [0.05, 0.1) is 12.7 Å². The van der Waals surface area contributed by atoms with Gasteiger partial charge < -0.3 is 5.73 Å². The number of nitrogens with zero attached hydrogens (tertiary/aromatic N) is 2. The molecule has 4 heteroatoms. The molecule has 2 rings (SSSR count). The van der Waals surface area contributed by atoms with Crippen molar-refractivity contribution in [1.29, 1.82) is 0 Å². The molecule has 0 fully saturated rings. The highest BCUT2D eigenvalue weighted by molar-refractivity contribution is 5.18. The number of hydrogen-bond acceptors (Lipinski definition) is 2. The molecule has 1 aromatic heterocycles. The monoisotopic (exact) mass is 247 g/mol. The van der Waals surface area contributed by atoms with E-state index in [1.54, 1.807) is 23.0 Å². The maximum Gasteiger partial charge on any atom is 0.128 e. The van der Waals surface area contributed by atoms with Crippen molar-refractivity contribution in [3.8, 4) is 0 Å². The average Bonchev–Trinajstić information content (AvgIpc) is 2.79. The SMILES string of the molecule is CCC(N)Cc1cnn(Cc2ccccc2F)c1. The van der Waals surface area contributed by atoms with E-state index >= 15 is 0 Å². The molecule has 3 nitrogen and oxygen atoms in total. The minimum absolute atomic E-state index is 0.163. The van der Waals surface area contributed by atoms with Crippen LogP contribution in [0.3, 0.4) is 0 Å². The standard InChI is InChI=1S/C14H18FN3/c1-2-13(16)7-11-8-17-18(9-11)10-12-5-3-4-6-14(12)15/h3-6,8-9,13H,2,7,10,16H2,1H3. The summed E-state index contributed by atoms with van der Waals surface area (Å²) < 4.78 is 15.2. The van der Waals surface area contributed by atoms with Crippen LogP contribution in [0.15, 0.2) is 36.7 Å². The highest BCUT2D eigenvalue weighted by Crippen LogP contribution is 2.09. The van der Waals surface area contributed by atoms with Crippen molar-refractivity contribution in [3.63, 3.8) is 0 Å². The molecular weight excluding hydrogens is 229 g/mol. The van der Waals surface area contributed by atoms with Crippen LogP contribution in [0.1, 0.15) is 24.5 Å². The summed E-state index contributed by atoms with van der Waals surface area (Å²) in [4.78, 5) is 0. The van der Waals surface area contributed by atoms with Crippen LogP contribution in [-0.2, 0) is 13.0 Å². The summed E-state index contributed by atoms with van der Waals surface area (Å²) in [6.45, 7) is 2.52. The molecule has 1 aromatic carbocycles. The summed E-state index contributed by atoms with van der Waals surface area (Å²) in [5.74, 6) is -0.195. The summed E-state index contributed by atoms with van der Waals surface area (Å²) in [6.07, 6.45) is 5.49. The number of rotatable bonds is 5. The number of aromatic nitrogens is 2. The Kier molecular flexibility index (Phi) is 4.10. The van der Waals surface area contributed by atoms with E-state index in [1.165, 1.54) is 6.07 Å². The zero-order valence-electron chi connectivity index (χ0n) is 10.5. The molecule has 0 amide bonds. The number of benzene rings is 1. The molecular formula is C14H18FN3. The predicted octanol–water partition coefficient (Wildman–Crippen LogP) is 2.35. The molecule has 0 saturated heterocycles. The van der Waals surface area contributed by atoms with Crippen LogP contribution in [0, 0.1) is 5.82 Å². The molecule has 0 aliphatic rings. The van der Waals surface area contributed by atoms with Crippen LogP contribution in [0.4, 0.5) is 4.39 Å². The third kappa shape index (κ3) is 3.17. The Labute approximate surface area is 106 Å². The van der Waals surface area contributed by atoms with Gasteiger partial charge in [0.1, 0.15) is 5.82 Å². The van der Waals surface area contributed by atoms with E-state index in [-0.39, 0.29) is 11.9 Å². The fourth-order valence-corrected chi connectivity index (χ4v) is 1.85. The van der Waals surface area contributed by atoms with E-state index in [0.29, 0.717) is 12.1 Å². The minimum atomic E-state index is -0.195.